The molecule has 0 spiro atoms. The monoisotopic (exact) mass is 457 g/mol. The highest BCUT2D eigenvalue weighted by Gasteiger charge is 2.11. The Hall–Kier alpha value is -3.24. The summed E-state index contributed by atoms with van der Waals surface area (Å²) < 4.78 is 33.9. The van der Waals surface area contributed by atoms with Gasteiger partial charge in [-0.2, -0.15) is 0 Å². The first-order valence-corrected chi connectivity index (χ1v) is 11.8. The van der Waals surface area contributed by atoms with E-state index < -0.39 is 10.0 Å². The van der Waals surface area contributed by atoms with Crippen molar-refractivity contribution in [1.82, 2.24) is 10.2 Å². The van der Waals surface area contributed by atoms with Gasteiger partial charge in [0.1, 0.15) is 5.75 Å². The highest BCUT2D eigenvalue weighted by atomic mass is 32.2. The quantitative estimate of drug-likeness (QED) is 0.347. The summed E-state index contributed by atoms with van der Waals surface area (Å²) in [6.45, 7) is 4.36. The van der Waals surface area contributed by atoms with Crippen LogP contribution in [-0.2, 0) is 16.4 Å². The Labute approximate surface area is 185 Å². The molecule has 0 radical (unpaired) electrons. The number of carbonyl (C=O) groups is 1. The Morgan fingerprint density at radius 1 is 1.10 bits per heavy atom. The Balaban J connectivity index is 1.58. The molecule has 1 N–H and O–H groups in total. The summed E-state index contributed by atoms with van der Waals surface area (Å²) in [5.74, 6) is 0.539. The number of carbonyl (C=O) groups excluding carboxylic acids is 1. The molecule has 3 rings (SSSR count). The van der Waals surface area contributed by atoms with Gasteiger partial charge >= 0.3 is 0 Å². The standard InChI is InChI=1S/C21H22N4O4S2/c1-3-20-23-24-21(30-20)25-31(27,28)18-11-7-16(8-12-18)22-14-13-19(26)15-5-9-17(10-6-15)29-4-2/h5-14H,3-4H2,1-2H3,(H2,22,24,25,26)/p-1. The average molecular weight is 458 g/mol. The van der Waals surface area contributed by atoms with Gasteiger partial charge in [0.05, 0.1) is 16.5 Å². The lowest BCUT2D eigenvalue weighted by molar-refractivity contribution is 0.104. The van der Waals surface area contributed by atoms with E-state index >= 15 is 0 Å². The molecule has 162 valence electrons. The van der Waals surface area contributed by atoms with E-state index in [4.69, 9.17) is 4.74 Å². The van der Waals surface area contributed by atoms with Crippen LogP contribution in [-0.4, -0.2) is 31.0 Å². The minimum absolute atomic E-state index is 0.0424. The lowest BCUT2D eigenvalue weighted by Gasteiger charge is -2.11. The zero-order chi connectivity index (χ0) is 22.3. The molecule has 0 aliphatic rings. The zero-order valence-electron chi connectivity index (χ0n) is 17.0. The van der Waals surface area contributed by atoms with Crippen LogP contribution in [0, 0.1) is 0 Å². The first-order valence-electron chi connectivity index (χ1n) is 9.52. The van der Waals surface area contributed by atoms with Crippen molar-refractivity contribution in [2.75, 3.05) is 11.9 Å². The predicted octanol–water partition coefficient (Wildman–Crippen LogP) is 4.70. The summed E-state index contributed by atoms with van der Waals surface area (Å²) in [6.07, 6.45) is 3.57. The van der Waals surface area contributed by atoms with E-state index in [0.29, 0.717) is 30.0 Å². The van der Waals surface area contributed by atoms with E-state index in [-0.39, 0.29) is 15.8 Å². The Bertz CT molecular complexity index is 1150. The van der Waals surface area contributed by atoms with Crippen molar-refractivity contribution in [2.24, 2.45) is 0 Å². The van der Waals surface area contributed by atoms with Crippen LogP contribution in [0.3, 0.4) is 0 Å². The second-order valence-corrected chi connectivity index (χ2v) is 8.87. The van der Waals surface area contributed by atoms with Crippen LogP contribution >= 0.6 is 11.3 Å². The Kier molecular flexibility index (Phi) is 7.37. The summed E-state index contributed by atoms with van der Waals surface area (Å²) in [5.41, 5.74) is 1.16. The summed E-state index contributed by atoms with van der Waals surface area (Å²) in [6, 6.07) is 12.9. The molecular weight excluding hydrogens is 436 g/mol. The molecule has 2 aromatic carbocycles. The molecule has 0 aliphatic carbocycles. The number of rotatable bonds is 10. The van der Waals surface area contributed by atoms with Gasteiger partial charge in [0.2, 0.25) is 10.0 Å². The number of ether oxygens (including phenoxy) is 1. The molecular formula is C21H21N4O4S2-. The molecule has 0 saturated heterocycles. The smallest absolute Gasteiger partial charge is 0.203 e. The third kappa shape index (κ3) is 6.12. The van der Waals surface area contributed by atoms with Crippen molar-refractivity contribution in [1.29, 1.82) is 0 Å². The molecule has 8 nitrogen and oxygen atoms in total. The molecule has 10 heteroatoms. The first kappa shape index (κ1) is 22.4. The van der Waals surface area contributed by atoms with Gasteiger partial charge in [0.15, 0.2) is 5.78 Å². The number of nitrogens with one attached hydrogen (secondary N) is 1. The Morgan fingerprint density at radius 2 is 1.81 bits per heavy atom. The number of hydrogen-bond acceptors (Lipinski definition) is 8. The highest BCUT2D eigenvalue weighted by molar-refractivity contribution is 7.94. The average Bonchev–Trinajstić information content (AvgIpc) is 3.21. The predicted molar refractivity (Wildman–Crippen MR) is 121 cm³/mol. The maximum absolute atomic E-state index is 12.4. The van der Waals surface area contributed by atoms with Gasteiger partial charge in [-0.15, -0.1) is 11.3 Å². The molecule has 0 amide bonds. The van der Waals surface area contributed by atoms with Crippen LogP contribution < -0.4 is 10.1 Å². The third-order valence-corrected chi connectivity index (χ3v) is 6.40. The molecule has 0 bridgehead atoms. The number of sulfonamides is 1. The number of benzene rings is 2. The number of anilines is 1. The lowest BCUT2D eigenvalue weighted by atomic mass is 10.1. The number of aromatic nitrogens is 2. The van der Waals surface area contributed by atoms with Crippen molar-refractivity contribution in [2.45, 2.75) is 25.2 Å². The fourth-order valence-corrected chi connectivity index (χ4v) is 4.28. The van der Waals surface area contributed by atoms with E-state index in [9.17, 15) is 13.2 Å². The summed E-state index contributed by atoms with van der Waals surface area (Å²) in [4.78, 5) is 12.3. The minimum Gasteiger partial charge on any atom is -0.494 e. The summed E-state index contributed by atoms with van der Waals surface area (Å²) in [7, 11) is -3.88. The molecule has 3 aromatic rings. The molecule has 0 fully saturated rings. The normalized spacial score (nSPS) is 11.4. The van der Waals surface area contributed by atoms with Crippen LogP contribution in [0.2, 0.25) is 0 Å². The van der Waals surface area contributed by atoms with Crippen LogP contribution in [0.25, 0.3) is 4.72 Å². The lowest BCUT2D eigenvalue weighted by Crippen LogP contribution is -1.99. The molecule has 1 aromatic heterocycles. The minimum atomic E-state index is -3.88. The maximum atomic E-state index is 12.4. The number of aryl methyl sites for hydroxylation is 1. The van der Waals surface area contributed by atoms with Crippen molar-refractivity contribution in [3.05, 3.63) is 76.1 Å². The largest absolute Gasteiger partial charge is 0.494 e. The molecule has 31 heavy (non-hydrogen) atoms. The SMILES string of the molecule is CCOc1ccc(C(=O)/C=C/Nc2ccc(S(=O)(=O)[N-]c3nnc(CC)s3)cc2)cc1. The fourth-order valence-electron chi connectivity index (χ4n) is 2.50. The van der Waals surface area contributed by atoms with Gasteiger partial charge in [-0.1, -0.05) is 6.92 Å². The van der Waals surface area contributed by atoms with Gasteiger partial charge in [0, 0.05) is 28.7 Å². The number of hydrogen-bond donors (Lipinski definition) is 1. The topological polar surface area (TPSA) is 112 Å². The van der Waals surface area contributed by atoms with Crippen LogP contribution in [0.15, 0.2) is 65.7 Å². The molecule has 0 atom stereocenters. The molecule has 1 heterocycles. The summed E-state index contributed by atoms with van der Waals surface area (Å²) >= 11 is 1.14. The number of allylic oxidation sites excluding steroid dienone is 1. The van der Waals surface area contributed by atoms with Gasteiger partial charge in [0.25, 0.3) is 0 Å². The number of ketones is 1. The second-order valence-electron chi connectivity index (χ2n) is 6.22. The van der Waals surface area contributed by atoms with Crippen molar-refractivity contribution in [3.63, 3.8) is 0 Å². The van der Waals surface area contributed by atoms with Crippen molar-refractivity contribution >= 4 is 38.0 Å². The third-order valence-electron chi connectivity index (χ3n) is 4.04. The zero-order valence-corrected chi connectivity index (χ0v) is 18.6. The maximum Gasteiger partial charge on any atom is 0.203 e. The van der Waals surface area contributed by atoms with E-state index in [1.807, 2.05) is 13.8 Å². The van der Waals surface area contributed by atoms with Gasteiger partial charge in [-0.3, -0.25) is 9.89 Å². The van der Waals surface area contributed by atoms with Crippen LogP contribution in [0.1, 0.15) is 29.2 Å². The summed E-state index contributed by atoms with van der Waals surface area (Å²) in [5, 5.41) is 11.4. The molecule has 0 aliphatic heterocycles. The molecule has 0 saturated carbocycles. The van der Waals surface area contributed by atoms with Crippen molar-refractivity contribution < 1.29 is 17.9 Å². The van der Waals surface area contributed by atoms with Crippen molar-refractivity contribution in [3.8, 4) is 5.75 Å². The Morgan fingerprint density at radius 3 is 2.42 bits per heavy atom. The number of nitrogens with zero attached hydrogens (tertiary/aromatic N) is 3. The van der Waals surface area contributed by atoms with E-state index in [1.54, 1.807) is 36.4 Å². The van der Waals surface area contributed by atoms with E-state index in [2.05, 4.69) is 20.2 Å². The van der Waals surface area contributed by atoms with E-state index in [1.165, 1.54) is 24.4 Å². The van der Waals surface area contributed by atoms with Crippen LogP contribution in [0.4, 0.5) is 10.8 Å². The molecule has 0 unspecified atom stereocenters. The van der Waals surface area contributed by atoms with Gasteiger partial charge in [-0.25, -0.2) is 8.42 Å². The van der Waals surface area contributed by atoms with Gasteiger partial charge in [-0.05, 0) is 61.9 Å². The second kappa shape index (κ2) is 10.2. The first-order chi connectivity index (χ1) is 14.9. The van der Waals surface area contributed by atoms with Gasteiger partial charge < -0.3 is 19.9 Å². The fraction of sp³-hybridized carbons (Fsp3) is 0.190. The van der Waals surface area contributed by atoms with E-state index in [0.717, 1.165) is 16.3 Å². The highest BCUT2D eigenvalue weighted by Crippen LogP contribution is 2.31. The van der Waals surface area contributed by atoms with Crippen LogP contribution in [0.5, 0.6) is 5.75 Å².